The molecule has 1 N–H and O–H groups in total. The van der Waals surface area contributed by atoms with Gasteiger partial charge in [-0.3, -0.25) is 4.79 Å². The zero-order chi connectivity index (χ0) is 14.4. The van der Waals surface area contributed by atoms with Gasteiger partial charge in [0.2, 0.25) is 0 Å². The molecule has 0 saturated heterocycles. The molecular formula is C17H19NO2. The molecule has 3 nitrogen and oxygen atoms in total. The van der Waals surface area contributed by atoms with Gasteiger partial charge in [0.15, 0.2) is 0 Å². The number of rotatable bonds is 5. The molecule has 0 saturated carbocycles. The molecule has 2 aromatic rings. The van der Waals surface area contributed by atoms with Crippen molar-refractivity contribution in [2.45, 2.75) is 26.1 Å². The van der Waals surface area contributed by atoms with Gasteiger partial charge in [0.1, 0.15) is 6.10 Å². The second-order valence-corrected chi connectivity index (χ2v) is 4.84. The highest BCUT2D eigenvalue weighted by atomic mass is 16.3. The number of nitrogens with zero attached hydrogens (tertiary/aromatic N) is 1. The number of carbonyl (C=O) groups is 1. The van der Waals surface area contributed by atoms with E-state index in [2.05, 4.69) is 0 Å². The summed E-state index contributed by atoms with van der Waals surface area (Å²) in [5.74, 6) is -0.252. The lowest BCUT2D eigenvalue weighted by molar-refractivity contribution is -0.140. The topological polar surface area (TPSA) is 40.5 Å². The minimum atomic E-state index is -0.984. The summed E-state index contributed by atoms with van der Waals surface area (Å²) in [6, 6.07) is 19.6. The quantitative estimate of drug-likeness (QED) is 0.906. The third-order valence-electron chi connectivity index (χ3n) is 3.10. The summed E-state index contributed by atoms with van der Waals surface area (Å²) >= 11 is 0. The Labute approximate surface area is 119 Å². The average Bonchev–Trinajstić information content (AvgIpc) is 2.48. The molecule has 0 radical (unpaired) electrons. The number of hydrogen-bond acceptors (Lipinski definition) is 2. The summed E-state index contributed by atoms with van der Waals surface area (Å²) in [6.45, 7) is 2.50. The van der Waals surface area contributed by atoms with E-state index >= 15 is 0 Å². The average molecular weight is 269 g/mol. The van der Waals surface area contributed by atoms with Crippen molar-refractivity contribution in [1.29, 1.82) is 0 Å². The lowest BCUT2D eigenvalue weighted by Crippen LogP contribution is -2.36. The van der Waals surface area contributed by atoms with Crippen LogP contribution in [0.25, 0.3) is 0 Å². The van der Waals surface area contributed by atoms with Gasteiger partial charge in [0.25, 0.3) is 5.91 Å². The minimum Gasteiger partial charge on any atom is -0.384 e. The molecule has 3 heteroatoms. The number of benzene rings is 2. The zero-order valence-corrected chi connectivity index (χ0v) is 11.6. The predicted molar refractivity (Wildman–Crippen MR) is 78.8 cm³/mol. The van der Waals surface area contributed by atoms with Gasteiger partial charge in [-0.05, 0) is 18.1 Å². The fourth-order valence-corrected chi connectivity index (χ4v) is 2.08. The number of aliphatic hydroxyl groups excluding tert-OH is 1. The van der Waals surface area contributed by atoms with E-state index in [0.717, 1.165) is 11.1 Å². The Morgan fingerprint density at radius 3 is 1.70 bits per heavy atom. The van der Waals surface area contributed by atoms with Crippen molar-refractivity contribution in [3.63, 3.8) is 0 Å². The van der Waals surface area contributed by atoms with Crippen molar-refractivity contribution >= 4 is 5.91 Å². The first-order valence-corrected chi connectivity index (χ1v) is 6.71. The normalized spacial score (nSPS) is 11.9. The number of amides is 1. The van der Waals surface area contributed by atoms with Crippen LogP contribution in [0.3, 0.4) is 0 Å². The standard InChI is InChI=1S/C17H19NO2/c1-14(19)17(20)18(12-15-8-4-2-5-9-15)13-16-10-6-3-7-11-16/h2-11,14,19H,12-13H2,1H3/t14-/m0/s1. The van der Waals surface area contributed by atoms with Crippen molar-refractivity contribution in [2.75, 3.05) is 0 Å². The third-order valence-corrected chi connectivity index (χ3v) is 3.10. The molecule has 0 aliphatic carbocycles. The highest BCUT2D eigenvalue weighted by Gasteiger charge is 2.18. The molecule has 1 amide bonds. The molecule has 0 fully saturated rings. The molecule has 2 rings (SSSR count). The van der Waals surface area contributed by atoms with Crippen LogP contribution in [0.2, 0.25) is 0 Å². The van der Waals surface area contributed by atoms with Gasteiger partial charge in [-0.15, -0.1) is 0 Å². The van der Waals surface area contributed by atoms with E-state index in [1.54, 1.807) is 4.90 Å². The summed E-state index contributed by atoms with van der Waals surface area (Å²) in [6.07, 6.45) is -0.984. The molecule has 0 aliphatic heterocycles. The smallest absolute Gasteiger partial charge is 0.251 e. The first-order valence-electron chi connectivity index (χ1n) is 6.71. The summed E-state index contributed by atoms with van der Waals surface area (Å²) in [4.78, 5) is 13.8. The van der Waals surface area contributed by atoms with Gasteiger partial charge in [-0.25, -0.2) is 0 Å². The molecule has 0 aromatic heterocycles. The van der Waals surface area contributed by atoms with Gasteiger partial charge < -0.3 is 10.0 Å². The van der Waals surface area contributed by atoms with Crippen LogP contribution in [0.15, 0.2) is 60.7 Å². The first-order chi connectivity index (χ1) is 9.66. The SMILES string of the molecule is C[C@H](O)C(=O)N(Cc1ccccc1)Cc1ccccc1. The Bertz CT molecular complexity index is 496. The van der Waals surface area contributed by atoms with Crippen LogP contribution in [0.4, 0.5) is 0 Å². The summed E-state index contributed by atoms with van der Waals surface area (Å²) in [5.41, 5.74) is 2.11. The van der Waals surface area contributed by atoms with Crippen molar-refractivity contribution < 1.29 is 9.90 Å². The van der Waals surface area contributed by atoms with E-state index in [1.165, 1.54) is 6.92 Å². The van der Waals surface area contributed by atoms with Crippen LogP contribution >= 0.6 is 0 Å². The second-order valence-electron chi connectivity index (χ2n) is 4.84. The minimum absolute atomic E-state index is 0.252. The Kier molecular flexibility index (Phi) is 4.91. The third kappa shape index (κ3) is 3.93. The van der Waals surface area contributed by atoms with Gasteiger partial charge >= 0.3 is 0 Å². The molecular weight excluding hydrogens is 250 g/mol. The maximum Gasteiger partial charge on any atom is 0.251 e. The number of hydrogen-bond donors (Lipinski definition) is 1. The number of aliphatic hydroxyl groups is 1. The van der Waals surface area contributed by atoms with Crippen molar-refractivity contribution in [2.24, 2.45) is 0 Å². The van der Waals surface area contributed by atoms with E-state index in [0.29, 0.717) is 13.1 Å². The van der Waals surface area contributed by atoms with E-state index in [4.69, 9.17) is 0 Å². The van der Waals surface area contributed by atoms with E-state index in [1.807, 2.05) is 60.7 Å². The van der Waals surface area contributed by atoms with Gasteiger partial charge in [0, 0.05) is 13.1 Å². The largest absolute Gasteiger partial charge is 0.384 e. The monoisotopic (exact) mass is 269 g/mol. The van der Waals surface area contributed by atoms with Crippen LogP contribution in [0.1, 0.15) is 18.1 Å². The van der Waals surface area contributed by atoms with E-state index < -0.39 is 6.10 Å². The summed E-state index contributed by atoms with van der Waals surface area (Å²) in [5, 5.41) is 9.56. The van der Waals surface area contributed by atoms with E-state index in [-0.39, 0.29) is 5.91 Å². The van der Waals surface area contributed by atoms with Crippen LogP contribution in [0, 0.1) is 0 Å². The Morgan fingerprint density at radius 1 is 0.950 bits per heavy atom. The molecule has 1 atom stereocenters. The molecule has 0 spiro atoms. The molecule has 0 heterocycles. The lowest BCUT2D eigenvalue weighted by Gasteiger charge is -2.24. The van der Waals surface area contributed by atoms with Gasteiger partial charge in [0.05, 0.1) is 0 Å². The summed E-state index contributed by atoms with van der Waals surface area (Å²) < 4.78 is 0. The predicted octanol–water partition coefficient (Wildman–Crippen LogP) is 2.60. The zero-order valence-electron chi connectivity index (χ0n) is 11.6. The lowest BCUT2D eigenvalue weighted by atomic mass is 10.1. The Hall–Kier alpha value is -2.13. The van der Waals surface area contributed by atoms with E-state index in [9.17, 15) is 9.90 Å². The van der Waals surface area contributed by atoms with Gasteiger partial charge in [-0.2, -0.15) is 0 Å². The molecule has 20 heavy (non-hydrogen) atoms. The van der Waals surface area contributed by atoms with Crippen molar-refractivity contribution in [1.82, 2.24) is 4.90 Å². The fraction of sp³-hybridized carbons (Fsp3) is 0.235. The molecule has 0 bridgehead atoms. The van der Waals surface area contributed by atoms with Crippen LogP contribution in [-0.4, -0.2) is 22.0 Å². The molecule has 2 aromatic carbocycles. The molecule has 104 valence electrons. The second kappa shape index (κ2) is 6.87. The van der Waals surface area contributed by atoms with Crippen LogP contribution < -0.4 is 0 Å². The Morgan fingerprint density at radius 2 is 1.35 bits per heavy atom. The highest BCUT2D eigenvalue weighted by Crippen LogP contribution is 2.11. The summed E-state index contributed by atoms with van der Waals surface area (Å²) in [7, 11) is 0. The first kappa shape index (κ1) is 14.3. The maximum absolute atomic E-state index is 12.1. The van der Waals surface area contributed by atoms with Gasteiger partial charge in [-0.1, -0.05) is 60.7 Å². The number of carbonyl (C=O) groups excluding carboxylic acids is 1. The van der Waals surface area contributed by atoms with Crippen molar-refractivity contribution in [3.05, 3.63) is 71.8 Å². The van der Waals surface area contributed by atoms with Crippen LogP contribution in [0.5, 0.6) is 0 Å². The fourth-order valence-electron chi connectivity index (χ4n) is 2.08. The van der Waals surface area contributed by atoms with Crippen LogP contribution in [-0.2, 0) is 17.9 Å². The molecule has 0 aliphatic rings. The maximum atomic E-state index is 12.1. The molecule has 0 unspecified atom stereocenters. The van der Waals surface area contributed by atoms with Crippen molar-refractivity contribution in [3.8, 4) is 0 Å². The Balaban J connectivity index is 2.15. The highest BCUT2D eigenvalue weighted by molar-refractivity contribution is 5.80.